The summed E-state index contributed by atoms with van der Waals surface area (Å²) in [4.78, 5) is 2.93. The maximum atomic E-state index is 13.1. The maximum absolute atomic E-state index is 13.1. The van der Waals surface area contributed by atoms with Gasteiger partial charge in [-0.05, 0) is 44.9 Å². The Balaban J connectivity index is 1.77. The summed E-state index contributed by atoms with van der Waals surface area (Å²) >= 11 is 0. The second-order valence-corrected chi connectivity index (χ2v) is 8.69. The first kappa shape index (κ1) is 16.9. The van der Waals surface area contributed by atoms with E-state index in [2.05, 4.69) is 10.2 Å². The van der Waals surface area contributed by atoms with Gasteiger partial charge in [0, 0.05) is 38.8 Å². The van der Waals surface area contributed by atoms with Crippen LogP contribution in [0.15, 0.2) is 17.0 Å². The molecule has 1 aromatic rings. The molecule has 1 atom stereocenters. The van der Waals surface area contributed by atoms with Gasteiger partial charge in [0.2, 0.25) is 10.0 Å². The average molecular weight is 337 g/mol. The molecule has 23 heavy (non-hydrogen) atoms. The van der Waals surface area contributed by atoms with Crippen molar-refractivity contribution < 1.29 is 8.42 Å². The number of hydrogen-bond acceptors (Lipinski definition) is 4. The van der Waals surface area contributed by atoms with E-state index >= 15 is 0 Å². The van der Waals surface area contributed by atoms with Crippen molar-refractivity contribution in [3.05, 3.63) is 28.8 Å². The van der Waals surface area contributed by atoms with Gasteiger partial charge in [0.1, 0.15) is 0 Å². The summed E-state index contributed by atoms with van der Waals surface area (Å²) < 4.78 is 27.8. The minimum Gasteiger partial charge on any atom is -0.315 e. The van der Waals surface area contributed by atoms with Crippen molar-refractivity contribution in [2.75, 3.05) is 39.3 Å². The van der Waals surface area contributed by atoms with Gasteiger partial charge in [0.15, 0.2) is 0 Å². The second-order valence-electron chi connectivity index (χ2n) is 6.81. The van der Waals surface area contributed by atoms with Crippen LogP contribution in [0.4, 0.5) is 0 Å². The fraction of sp³-hybridized carbons (Fsp3) is 0.647. The zero-order chi connectivity index (χ0) is 16.6. The van der Waals surface area contributed by atoms with E-state index in [9.17, 15) is 8.42 Å². The van der Waals surface area contributed by atoms with Gasteiger partial charge in [0.25, 0.3) is 0 Å². The second kappa shape index (κ2) is 6.51. The van der Waals surface area contributed by atoms with Gasteiger partial charge in [-0.3, -0.25) is 4.90 Å². The molecule has 1 aromatic carbocycles. The lowest BCUT2D eigenvalue weighted by molar-refractivity contribution is 0.145. The van der Waals surface area contributed by atoms with Crippen molar-refractivity contribution in [3.8, 4) is 0 Å². The number of aryl methyl sites for hydroxylation is 3. The number of rotatable bonds is 3. The number of sulfonamides is 1. The van der Waals surface area contributed by atoms with Crippen molar-refractivity contribution in [2.45, 2.75) is 38.1 Å². The standard InChI is InChI=1S/C17H27N3O2S/c1-13-10-14(2)17(15(3)11-13)23(21,22)20-8-6-19(7-9-20)16-4-5-18-12-16/h10-11,16,18H,4-9,12H2,1-3H3. The van der Waals surface area contributed by atoms with Crippen LogP contribution in [0.5, 0.6) is 0 Å². The molecule has 0 spiro atoms. The molecule has 128 valence electrons. The van der Waals surface area contributed by atoms with Crippen LogP contribution in [-0.2, 0) is 10.0 Å². The quantitative estimate of drug-likeness (QED) is 0.903. The lowest BCUT2D eigenvalue weighted by Crippen LogP contribution is -2.52. The molecule has 0 aromatic heterocycles. The highest BCUT2D eigenvalue weighted by Crippen LogP contribution is 2.26. The van der Waals surface area contributed by atoms with Crippen molar-refractivity contribution in [2.24, 2.45) is 0 Å². The van der Waals surface area contributed by atoms with Crippen LogP contribution >= 0.6 is 0 Å². The SMILES string of the molecule is Cc1cc(C)c(S(=O)(=O)N2CCN(C3CCNC3)CC2)c(C)c1. The number of nitrogens with zero attached hydrogens (tertiary/aromatic N) is 2. The zero-order valence-electron chi connectivity index (χ0n) is 14.3. The molecule has 3 rings (SSSR count). The number of benzene rings is 1. The van der Waals surface area contributed by atoms with Crippen LogP contribution in [0, 0.1) is 20.8 Å². The van der Waals surface area contributed by atoms with Gasteiger partial charge >= 0.3 is 0 Å². The molecule has 2 heterocycles. The Labute approximate surface area is 139 Å². The van der Waals surface area contributed by atoms with E-state index in [1.165, 1.54) is 6.42 Å². The fourth-order valence-corrected chi connectivity index (χ4v) is 5.80. The molecule has 1 N–H and O–H groups in total. The minimum atomic E-state index is -3.40. The Bertz CT molecular complexity index is 650. The number of nitrogens with one attached hydrogen (secondary N) is 1. The van der Waals surface area contributed by atoms with Gasteiger partial charge in [-0.25, -0.2) is 8.42 Å². The third-order valence-corrected chi connectivity index (χ3v) is 7.23. The Hall–Kier alpha value is -0.950. The Morgan fingerprint density at radius 2 is 1.65 bits per heavy atom. The summed E-state index contributed by atoms with van der Waals surface area (Å²) in [6.07, 6.45) is 1.17. The Kier molecular flexibility index (Phi) is 4.78. The highest BCUT2D eigenvalue weighted by atomic mass is 32.2. The zero-order valence-corrected chi connectivity index (χ0v) is 15.1. The largest absolute Gasteiger partial charge is 0.315 e. The summed E-state index contributed by atoms with van der Waals surface area (Å²) in [7, 11) is -3.40. The van der Waals surface area contributed by atoms with E-state index in [1.54, 1.807) is 4.31 Å². The molecule has 0 amide bonds. The first-order valence-electron chi connectivity index (χ1n) is 8.42. The molecular weight excluding hydrogens is 310 g/mol. The molecule has 0 bridgehead atoms. The Morgan fingerprint density at radius 1 is 1.04 bits per heavy atom. The van der Waals surface area contributed by atoms with E-state index in [0.717, 1.165) is 42.9 Å². The highest BCUT2D eigenvalue weighted by molar-refractivity contribution is 7.89. The lowest BCUT2D eigenvalue weighted by atomic mass is 10.1. The van der Waals surface area contributed by atoms with E-state index in [-0.39, 0.29) is 0 Å². The van der Waals surface area contributed by atoms with Crippen LogP contribution < -0.4 is 5.32 Å². The summed E-state index contributed by atoms with van der Waals surface area (Å²) in [5.41, 5.74) is 2.81. The predicted molar refractivity (Wildman–Crippen MR) is 92.3 cm³/mol. The molecular formula is C17H27N3O2S. The van der Waals surface area contributed by atoms with Crippen molar-refractivity contribution in [1.29, 1.82) is 0 Å². The molecule has 5 nitrogen and oxygen atoms in total. The van der Waals surface area contributed by atoms with Crippen molar-refractivity contribution in [3.63, 3.8) is 0 Å². The molecule has 0 radical (unpaired) electrons. The third kappa shape index (κ3) is 3.31. The highest BCUT2D eigenvalue weighted by Gasteiger charge is 2.33. The average Bonchev–Trinajstić information content (AvgIpc) is 3.00. The predicted octanol–water partition coefficient (Wildman–Crippen LogP) is 1.28. The van der Waals surface area contributed by atoms with E-state index in [1.807, 2.05) is 32.9 Å². The number of piperazine rings is 1. The van der Waals surface area contributed by atoms with E-state index in [0.29, 0.717) is 24.0 Å². The topological polar surface area (TPSA) is 52.7 Å². The summed E-state index contributed by atoms with van der Waals surface area (Å²) in [6, 6.07) is 4.49. The molecule has 2 fully saturated rings. The minimum absolute atomic E-state index is 0.499. The third-order valence-electron chi connectivity index (χ3n) is 5.03. The molecule has 6 heteroatoms. The van der Waals surface area contributed by atoms with Crippen LogP contribution in [-0.4, -0.2) is 62.9 Å². The molecule has 0 saturated carbocycles. The normalized spacial score (nSPS) is 24.2. The molecule has 0 aliphatic carbocycles. The van der Waals surface area contributed by atoms with Gasteiger partial charge in [-0.15, -0.1) is 0 Å². The van der Waals surface area contributed by atoms with Crippen molar-refractivity contribution >= 4 is 10.0 Å². The molecule has 2 aliphatic heterocycles. The van der Waals surface area contributed by atoms with Gasteiger partial charge in [-0.2, -0.15) is 4.31 Å². The summed E-state index contributed by atoms with van der Waals surface area (Å²) in [5, 5.41) is 3.38. The van der Waals surface area contributed by atoms with Crippen LogP contribution in [0.25, 0.3) is 0 Å². The van der Waals surface area contributed by atoms with Gasteiger partial charge in [0.05, 0.1) is 4.90 Å². The van der Waals surface area contributed by atoms with E-state index in [4.69, 9.17) is 0 Å². The lowest BCUT2D eigenvalue weighted by Gasteiger charge is -2.37. The Morgan fingerprint density at radius 3 is 2.17 bits per heavy atom. The van der Waals surface area contributed by atoms with Crippen LogP contribution in [0.2, 0.25) is 0 Å². The first-order valence-corrected chi connectivity index (χ1v) is 9.86. The van der Waals surface area contributed by atoms with Crippen LogP contribution in [0.3, 0.4) is 0 Å². The molecule has 2 aliphatic rings. The monoisotopic (exact) mass is 337 g/mol. The smallest absolute Gasteiger partial charge is 0.243 e. The van der Waals surface area contributed by atoms with Gasteiger partial charge in [-0.1, -0.05) is 17.7 Å². The summed E-state index contributed by atoms with van der Waals surface area (Å²) in [6.45, 7) is 10.7. The molecule has 1 unspecified atom stereocenters. The number of hydrogen-bond donors (Lipinski definition) is 1. The first-order chi connectivity index (χ1) is 10.9. The van der Waals surface area contributed by atoms with Gasteiger partial charge < -0.3 is 5.32 Å². The molecule has 2 saturated heterocycles. The summed E-state index contributed by atoms with van der Waals surface area (Å²) in [5.74, 6) is 0. The fourth-order valence-electron chi connectivity index (χ4n) is 3.96. The van der Waals surface area contributed by atoms with E-state index < -0.39 is 10.0 Å². The van der Waals surface area contributed by atoms with Crippen molar-refractivity contribution in [1.82, 2.24) is 14.5 Å². The maximum Gasteiger partial charge on any atom is 0.243 e. The van der Waals surface area contributed by atoms with Crippen LogP contribution in [0.1, 0.15) is 23.1 Å².